The van der Waals surface area contributed by atoms with Crippen molar-refractivity contribution in [1.82, 2.24) is 5.32 Å². The molecular formula is C16H17ClINO. The molecule has 0 heterocycles. The van der Waals surface area contributed by atoms with Crippen LogP contribution in [0.1, 0.15) is 24.1 Å². The minimum atomic E-state index is 0.136. The predicted molar refractivity (Wildman–Crippen MR) is 92.7 cm³/mol. The Bertz CT molecular complexity index is 588. The minimum absolute atomic E-state index is 0.136. The van der Waals surface area contributed by atoms with Crippen molar-refractivity contribution in [2.24, 2.45) is 0 Å². The Kier molecular flexibility index (Phi) is 5.69. The average Bonchev–Trinajstić information content (AvgIpc) is 2.46. The van der Waals surface area contributed by atoms with Crippen LogP contribution in [0.15, 0.2) is 42.5 Å². The Morgan fingerprint density at radius 2 is 2.00 bits per heavy atom. The van der Waals surface area contributed by atoms with Crippen LogP contribution in [0, 0.1) is 3.57 Å². The molecule has 0 saturated heterocycles. The third kappa shape index (κ3) is 3.45. The molecule has 0 aliphatic heterocycles. The van der Waals surface area contributed by atoms with Gasteiger partial charge in [-0.3, -0.25) is 0 Å². The largest absolute Gasteiger partial charge is 0.495 e. The van der Waals surface area contributed by atoms with Gasteiger partial charge in [0.05, 0.1) is 18.2 Å². The lowest BCUT2D eigenvalue weighted by atomic mass is 9.98. The van der Waals surface area contributed by atoms with Crippen molar-refractivity contribution >= 4 is 34.2 Å². The first-order chi connectivity index (χ1) is 9.67. The summed E-state index contributed by atoms with van der Waals surface area (Å²) in [6.45, 7) is 2.99. The van der Waals surface area contributed by atoms with Crippen molar-refractivity contribution < 1.29 is 4.74 Å². The summed E-state index contributed by atoms with van der Waals surface area (Å²) in [4.78, 5) is 0. The van der Waals surface area contributed by atoms with E-state index in [1.165, 1.54) is 9.13 Å². The predicted octanol–water partition coefficient (Wildman–Crippen LogP) is 4.65. The van der Waals surface area contributed by atoms with Gasteiger partial charge in [-0.05, 0) is 58.5 Å². The van der Waals surface area contributed by atoms with Crippen molar-refractivity contribution in [3.63, 3.8) is 0 Å². The highest BCUT2D eigenvalue weighted by Gasteiger charge is 2.16. The SMILES string of the molecule is CCNC(c1ccc(OC)c(Cl)c1)c1ccccc1I. The summed E-state index contributed by atoms with van der Waals surface area (Å²) in [5.41, 5.74) is 2.40. The molecule has 1 atom stereocenters. The van der Waals surface area contributed by atoms with Crippen LogP contribution < -0.4 is 10.1 Å². The zero-order valence-electron chi connectivity index (χ0n) is 11.5. The van der Waals surface area contributed by atoms with E-state index in [0.717, 1.165) is 12.1 Å². The second kappa shape index (κ2) is 7.29. The third-order valence-electron chi connectivity index (χ3n) is 3.13. The number of halogens is 2. The van der Waals surface area contributed by atoms with Crippen LogP contribution in [0.2, 0.25) is 5.02 Å². The molecule has 4 heteroatoms. The Morgan fingerprint density at radius 1 is 1.25 bits per heavy atom. The van der Waals surface area contributed by atoms with E-state index in [4.69, 9.17) is 16.3 Å². The lowest BCUT2D eigenvalue weighted by molar-refractivity contribution is 0.414. The summed E-state index contributed by atoms with van der Waals surface area (Å²) in [7, 11) is 1.63. The van der Waals surface area contributed by atoms with Crippen molar-refractivity contribution in [2.45, 2.75) is 13.0 Å². The molecule has 2 aromatic rings. The Hall–Kier alpha value is -0.780. The lowest BCUT2D eigenvalue weighted by Crippen LogP contribution is -2.22. The number of methoxy groups -OCH3 is 1. The molecule has 0 saturated carbocycles. The van der Waals surface area contributed by atoms with Gasteiger partial charge in [0, 0.05) is 3.57 Å². The number of rotatable bonds is 5. The summed E-state index contributed by atoms with van der Waals surface area (Å²) < 4.78 is 6.45. The summed E-state index contributed by atoms with van der Waals surface area (Å²) in [5.74, 6) is 0.702. The zero-order valence-corrected chi connectivity index (χ0v) is 14.4. The minimum Gasteiger partial charge on any atom is -0.495 e. The van der Waals surface area contributed by atoms with E-state index in [9.17, 15) is 0 Å². The van der Waals surface area contributed by atoms with Crippen molar-refractivity contribution in [3.05, 3.63) is 62.2 Å². The van der Waals surface area contributed by atoms with Crippen molar-refractivity contribution in [3.8, 4) is 5.75 Å². The molecule has 0 bridgehead atoms. The van der Waals surface area contributed by atoms with Gasteiger partial charge in [0.25, 0.3) is 0 Å². The monoisotopic (exact) mass is 401 g/mol. The second-order valence-electron chi connectivity index (χ2n) is 4.41. The van der Waals surface area contributed by atoms with Gasteiger partial charge in [0.15, 0.2) is 0 Å². The maximum absolute atomic E-state index is 6.25. The van der Waals surface area contributed by atoms with Crippen LogP contribution >= 0.6 is 34.2 Å². The molecule has 1 unspecified atom stereocenters. The number of hydrogen-bond acceptors (Lipinski definition) is 2. The fraction of sp³-hybridized carbons (Fsp3) is 0.250. The van der Waals surface area contributed by atoms with Crippen LogP contribution in [0.5, 0.6) is 5.75 Å². The fourth-order valence-corrected chi connectivity index (χ4v) is 3.15. The molecule has 0 aliphatic carbocycles. The topological polar surface area (TPSA) is 21.3 Å². The van der Waals surface area contributed by atoms with Crippen molar-refractivity contribution in [1.29, 1.82) is 0 Å². The Morgan fingerprint density at radius 3 is 2.60 bits per heavy atom. The van der Waals surface area contributed by atoms with Crippen LogP contribution in [-0.4, -0.2) is 13.7 Å². The average molecular weight is 402 g/mol. The summed E-state index contributed by atoms with van der Waals surface area (Å²) >= 11 is 8.61. The highest BCUT2D eigenvalue weighted by molar-refractivity contribution is 14.1. The maximum atomic E-state index is 6.25. The Labute approximate surface area is 138 Å². The quantitative estimate of drug-likeness (QED) is 0.736. The molecule has 106 valence electrons. The molecule has 0 spiro atoms. The summed E-state index contributed by atoms with van der Waals surface area (Å²) in [5, 5.41) is 4.15. The molecule has 0 amide bonds. The molecule has 2 rings (SSSR count). The van der Waals surface area contributed by atoms with E-state index in [0.29, 0.717) is 10.8 Å². The van der Waals surface area contributed by atoms with E-state index < -0.39 is 0 Å². The van der Waals surface area contributed by atoms with E-state index in [1.54, 1.807) is 7.11 Å². The molecule has 2 nitrogen and oxygen atoms in total. The highest BCUT2D eigenvalue weighted by atomic mass is 127. The van der Waals surface area contributed by atoms with Gasteiger partial charge >= 0.3 is 0 Å². The molecule has 0 fully saturated rings. The molecule has 2 aromatic carbocycles. The van der Waals surface area contributed by atoms with Gasteiger partial charge in [-0.1, -0.05) is 42.8 Å². The van der Waals surface area contributed by atoms with Gasteiger partial charge in [0.2, 0.25) is 0 Å². The molecular weight excluding hydrogens is 385 g/mol. The number of ether oxygens (including phenoxy) is 1. The standard InChI is InChI=1S/C16H17ClINO/c1-3-19-16(12-6-4-5-7-14(12)18)11-8-9-15(20-2)13(17)10-11/h4-10,16,19H,3H2,1-2H3. The second-order valence-corrected chi connectivity index (χ2v) is 5.98. The van der Waals surface area contributed by atoms with Gasteiger partial charge in [0.1, 0.15) is 5.75 Å². The third-order valence-corrected chi connectivity index (χ3v) is 4.41. The zero-order chi connectivity index (χ0) is 14.5. The van der Waals surface area contributed by atoms with Gasteiger partial charge in [-0.15, -0.1) is 0 Å². The molecule has 0 aliphatic rings. The van der Waals surface area contributed by atoms with Gasteiger partial charge in [-0.25, -0.2) is 0 Å². The van der Waals surface area contributed by atoms with E-state index >= 15 is 0 Å². The first-order valence-electron chi connectivity index (χ1n) is 6.48. The number of nitrogens with one attached hydrogen (secondary N) is 1. The van der Waals surface area contributed by atoms with E-state index in [1.807, 2.05) is 12.1 Å². The molecule has 20 heavy (non-hydrogen) atoms. The first-order valence-corrected chi connectivity index (χ1v) is 7.94. The van der Waals surface area contributed by atoms with Crippen LogP contribution in [0.25, 0.3) is 0 Å². The van der Waals surface area contributed by atoms with Crippen LogP contribution in [0.4, 0.5) is 0 Å². The first kappa shape index (κ1) is 15.6. The van der Waals surface area contributed by atoms with E-state index in [2.05, 4.69) is 65.2 Å². The van der Waals surface area contributed by atoms with Crippen molar-refractivity contribution in [2.75, 3.05) is 13.7 Å². The lowest BCUT2D eigenvalue weighted by Gasteiger charge is -2.21. The van der Waals surface area contributed by atoms with Gasteiger partial charge in [-0.2, -0.15) is 0 Å². The molecule has 1 N–H and O–H groups in total. The number of benzene rings is 2. The Balaban J connectivity index is 2.43. The van der Waals surface area contributed by atoms with Crippen LogP contribution in [-0.2, 0) is 0 Å². The summed E-state index contributed by atoms with van der Waals surface area (Å²) in [6, 6.07) is 14.5. The van der Waals surface area contributed by atoms with Crippen LogP contribution in [0.3, 0.4) is 0 Å². The molecule has 0 radical (unpaired) electrons. The smallest absolute Gasteiger partial charge is 0.137 e. The molecule has 0 aromatic heterocycles. The van der Waals surface area contributed by atoms with E-state index in [-0.39, 0.29) is 6.04 Å². The maximum Gasteiger partial charge on any atom is 0.137 e. The highest BCUT2D eigenvalue weighted by Crippen LogP contribution is 2.31. The summed E-state index contributed by atoms with van der Waals surface area (Å²) in [6.07, 6.45) is 0. The fourth-order valence-electron chi connectivity index (χ4n) is 2.18. The number of hydrogen-bond donors (Lipinski definition) is 1. The van der Waals surface area contributed by atoms with Gasteiger partial charge < -0.3 is 10.1 Å². The normalized spacial score (nSPS) is 12.2.